The molecule has 1 aliphatic heterocycles. The average molecular weight is 352 g/mol. The van der Waals surface area contributed by atoms with Gasteiger partial charge in [-0.3, -0.25) is 4.79 Å². The molecule has 0 bridgehead atoms. The van der Waals surface area contributed by atoms with Crippen molar-refractivity contribution in [1.82, 2.24) is 10.2 Å². The van der Waals surface area contributed by atoms with Crippen molar-refractivity contribution in [3.05, 3.63) is 33.8 Å². The van der Waals surface area contributed by atoms with E-state index >= 15 is 0 Å². The van der Waals surface area contributed by atoms with Crippen LogP contribution in [-0.2, 0) is 0 Å². The Morgan fingerprint density at radius 1 is 1.24 bits per heavy atom. The van der Waals surface area contributed by atoms with Crippen LogP contribution in [0.15, 0.2) is 18.2 Å². The maximum absolute atomic E-state index is 12.7. The number of nitrogens with zero attached hydrogens (tertiary/aromatic N) is 1. The third-order valence-electron chi connectivity index (χ3n) is 3.58. The molecule has 0 spiro atoms. The maximum atomic E-state index is 12.7. The topological polar surface area (TPSA) is 32.3 Å². The lowest BCUT2D eigenvalue weighted by atomic mass is 10.0. The Balaban J connectivity index is 0.00000220. The fourth-order valence-electron chi connectivity index (χ4n) is 2.65. The number of carbonyl (C=O) groups excluding carboxylic acids is 1. The lowest BCUT2D eigenvalue weighted by molar-refractivity contribution is 0.0642. The summed E-state index contributed by atoms with van der Waals surface area (Å²) in [5.74, 6) is 0.0307. The van der Waals surface area contributed by atoms with Gasteiger partial charge in [0.2, 0.25) is 0 Å². The molecule has 0 radical (unpaired) electrons. The van der Waals surface area contributed by atoms with E-state index in [9.17, 15) is 4.79 Å². The molecular formula is C15H21Cl3N2O. The van der Waals surface area contributed by atoms with Gasteiger partial charge in [-0.1, -0.05) is 30.1 Å². The van der Waals surface area contributed by atoms with Crippen molar-refractivity contribution in [3.8, 4) is 0 Å². The fraction of sp³-hybridized carbons (Fsp3) is 0.533. The molecule has 0 unspecified atom stereocenters. The smallest absolute Gasteiger partial charge is 0.254 e. The lowest BCUT2D eigenvalue weighted by Crippen LogP contribution is -2.46. The monoisotopic (exact) mass is 350 g/mol. The van der Waals surface area contributed by atoms with Crippen LogP contribution < -0.4 is 5.32 Å². The molecule has 0 aliphatic carbocycles. The number of benzene rings is 1. The number of halogens is 3. The van der Waals surface area contributed by atoms with Gasteiger partial charge in [0.1, 0.15) is 0 Å². The van der Waals surface area contributed by atoms with Crippen molar-refractivity contribution in [2.45, 2.75) is 32.2 Å². The lowest BCUT2D eigenvalue weighted by Gasteiger charge is -2.34. The molecule has 1 aliphatic rings. The van der Waals surface area contributed by atoms with E-state index in [0.717, 1.165) is 38.9 Å². The van der Waals surface area contributed by atoms with Crippen molar-refractivity contribution < 1.29 is 4.79 Å². The second-order valence-corrected chi connectivity index (χ2v) is 6.01. The number of nitrogens with one attached hydrogen (secondary N) is 1. The second-order valence-electron chi connectivity index (χ2n) is 5.14. The van der Waals surface area contributed by atoms with E-state index in [4.69, 9.17) is 23.2 Å². The van der Waals surface area contributed by atoms with E-state index in [1.807, 2.05) is 4.90 Å². The molecule has 1 aromatic rings. The first-order valence-electron chi connectivity index (χ1n) is 7.09. The number of amides is 1. The summed E-state index contributed by atoms with van der Waals surface area (Å²) in [5, 5.41) is 4.33. The quantitative estimate of drug-likeness (QED) is 0.888. The van der Waals surface area contributed by atoms with Gasteiger partial charge in [-0.15, -0.1) is 12.4 Å². The molecule has 1 N–H and O–H groups in total. The van der Waals surface area contributed by atoms with Crippen LogP contribution in [0.2, 0.25) is 10.0 Å². The summed E-state index contributed by atoms with van der Waals surface area (Å²) >= 11 is 12.0. The Bertz CT molecular complexity index is 456. The standard InChI is InChI=1S/C15H20Cl2N2O.ClH/c1-2-7-19(14-3-5-18-6-4-14)15(20)11-8-12(16)10-13(17)9-11;/h8-10,14,18H,2-7H2,1H3;1H. The average Bonchev–Trinajstić information content (AvgIpc) is 2.44. The van der Waals surface area contributed by atoms with Crippen LogP contribution in [0.1, 0.15) is 36.5 Å². The summed E-state index contributed by atoms with van der Waals surface area (Å²) in [6.45, 7) is 4.79. The van der Waals surface area contributed by atoms with Gasteiger partial charge in [0.05, 0.1) is 0 Å². The largest absolute Gasteiger partial charge is 0.336 e. The third-order valence-corrected chi connectivity index (χ3v) is 4.02. The third kappa shape index (κ3) is 5.03. The van der Waals surface area contributed by atoms with E-state index in [2.05, 4.69) is 12.2 Å². The molecule has 21 heavy (non-hydrogen) atoms. The zero-order valence-electron chi connectivity index (χ0n) is 12.1. The van der Waals surface area contributed by atoms with E-state index in [1.54, 1.807) is 18.2 Å². The first-order valence-corrected chi connectivity index (χ1v) is 7.85. The molecule has 1 saturated heterocycles. The minimum absolute atomic E-state index is 0. The minimum Gasteiger partial charge on any atom is -0.336 e. The summed E-state index contributed by atoms with van der Waals surface area (Å²) in [5.41, 5.74) is 0.578. The summed E-state index contributed by atoms with van der Waals surface area (Å²) in [6.07, 6.45) is 2.95. The number of hydrogen-bond acceptors (Lipinski definition) is 2. The van der Waals surface area contributed by atoms with Crippen molar-refractivity contribution in [1.29, 1.82) is 0 Å². The number of hydrogen-bond donors (Lipinski definition) is 1. The molecule has 3 nitrogen and oxygen atoms in total. The number of piperidine rings is 1. The first-order chi connectivity index (χ1) is 9.61. The van der Waals surface area contributed by atoms with Gasteiger partial charge in [0.15, 0.2) is 0 Å². The highest BCUT2D eigenvalue weighted by Gasteiger charge is 2.25. The Labute approximate surface area is 142 Å². The molecule has 1 aromatic carbocycles. The second kappa shape index (κ2) is 8.84. The molecular weight excluding hydrogens is 331 g/mol. The Hall–Kier alpha value is -0.480. The SMILES string of the molecule is CCCN(C(=O)c1cc(Cl)cc(Cl)c1)C1CCNCC1.Cl. The predicted molar refractivity (Wildman–Crippen MR) is 90.9 cm³/mol. The van der Waals surface area contributed by atoms with Gasteiger partial charge < -0.3 is 10.2 Å². The van der Waals surface area contributed by atoms with E-state index in [0.29, 0.717) is 21.7 Å². The molecule has 6 heteroatoms. The summed E-state index contributed by atoms with van der Waals surface area (Å²) in [7, 11) is 0. The Kier molecular flexibility index (Phi) is 7.82. The maximum Gasteiger partial charge on any atom is 0.254 e. The molecule has 1 amide bonds. The van der Waals surface area contributed by atoms with E-state index in [1.165, 1.54) is 0 Å². The minimum atomic E-state index is 0. The van der Waals surface area contributed by atoms with Crippen LogP contribution in [0, 0.1) is 0 Å². The predicted octanol–water partition coefficient (Wildman–Crippen LogP) is 4.02. The van der Waals surface area contributed by atoms with Gasteiger partial charge in [0.25, 0.3) is 5.91 Å². The van der Waals surface area contributed by atoms with Crippen molar-refractivity contribution in [2.24, 2.45) is 0 Å². The zero-order chi connectivity index (χ0) is 14.5. The van der Waals surface area contributed by atoms with Crippen LogP contribution >= 0.6 is 35.6 Å². The Morgan fingerprint density at radius 2 is 1.81 bits per heavy atom. The van der Waals surface area contributed by atoms with Crippen LogP contribution in [0.25, 0.3) is 0 Å². The highest BCUT2D eigenvalue weighted by Crippen LogP contribution is 2.22. The number of rotatable bonds is 4. The van der Waals surface area contributed by atoms with Crippen LogP contribution in [0.3, 0.4) is 0 Å². The van der Waals surface area contributed by atoms with Crippen molar-refractivity contribution in [2.75, 3.05) is 19.6 Å². The van der Waals surface area contributed by atoms with E-state index in [-0.39, 0.29) is 18.3 Å². The molecule has 1 heterocycles. The first kappa shape index (κ1) is 18.6. The van der Waals surface area contributed by atoms with Crippen LogP contribution in [0.5, 0.6) is 0 Å². The van der Waals surface area contributed by atoms with Crippen LogP contribution in [-0.4, -0.2) is 36.5 Å². The van der Waals surface area contributed by atoms with Gasteiger partial charge in [-0.25, -0.2) is 0 Å². The van der Waals surface area contributed by atoms with E-state index < -0.39 is 0 Å². The summed E-state index contributed by atoms with van der Waals surface area (Å²) < 4.78 is 0. The highest BCUT2D eigenvalue weighted by atomic mass is 35.5. The number of carbonyl (C=O) groups is 1. The van der Waals surface area contributed by atoms with Gasteiger partial charge in [-0.05, 0) is 50.6 Å². The molecule has 2 rings (SSSR count). The molecule has 1 fully saturated rings. The fourth-order valence-corrected chi connectivity index (χ4v) is 3.18. The summed E-state index contributed by atoms with van der Waals surface area (Å²) in [4.78, 5) is 14.7. The molecule has 0 aromatic heterocycles. The zero-order valence-corrected chi connectivity index (χ0v) is 14.4. The normalized spacial score (nSPS) is 15.4. The van der Waals surface area contributed by atoms with Crippen molar-refractivity contribution in [3.63, 3.8) is 0 Å². The molecule has 0 saturated carbocycles. The molecule has 0 atom stereocenters. The highest BCUT2D eigenvalue weighted by molar-refractivity contribution is 6.35. The Morgan fingerprint density at radius 3 is 2.33 bits per heavy atom. The van der Waals surface area contributed by atoms with Gasteiger partial charge in [-0.2, -0.15) is 0 Å². The summed E-state index contributed by atoms with van der Waals surface area (Å²) in [6, 6.07) is 5.34. The van der Waals surface area contributed by atoms with Crippen LogP contribution in [0.4, 0.5) is 0 Å². The van der Waals surface area contributed by atoms with Gasteiger partial charge in [0, 0.05) is 28.2 Å². The molecule has 118 valence electrons. The van der Waals surface area contributed by atoms with Gasteiger partial charge >= 0.3 is 0 Å². The van der Waals surface area contributed by atoms with Crippen molar-refractivity contribution >= 4 is 41.5 Å².